The van der Waals surface area contributed by atoms with Crippen molar-refractivity contribution in [3.63, 3.8) is 0 Å². The van der Waals surface area contributed by atoms with Gasteiger partial charge in [0, 0.05) is 23.7 Å². The van der Waals surface area contributed by atoms with Crippen LogP contribution in [0.3, 0.4) is 0 Å². The van der Waals surface area contributed by atoms with Gasteiger partial charge in [-0.1, -0.05) is 11.6 Å². The van der Waals surface area contributed by atoms with E-state index in [1.54, 1.807) is 12.3 Å². The second-order valence-electron chi connectivity index (χ2n) is 4.20. The van der Waals surface area contributed by atoms with Gasteiger partial charge in [-0.25, -0.2) is 10.3 Å². The minimum absolute atomic E-state index is 0.0683. The lowest BCUT2D eigenvalue weighted by Gasteiger charge is -2.22. The average molecular weight is 350 g/mol. The molecule has 7 heteroatoms. The predicted molar refractivity (Wildman–Crippen MR) is 73.5 cm³/mol. The summed E-state index contributed by atoms with van der Waals surface area (Å²) < 4.78 is 6.10. The van der Waals surface area contributed by atoms with Crippen LogP contribution >= 0.6 is 27.5 Å². The molecule has 1 aliphatic heterocycles. The second-order valence-corrected chi connectivity index (χ2v) is 5.52. The van der Waals surface area contributed by atoms with Gasteiger partial charge in [0.05, 0.1) is 17.1 Å². The predicted octanol–water partition coefficient (Wildman–Crippen LogP) is 2.61. The molecule has 1 unspecified atom stereocenters. The molecule has 19 heavy (non-hydrogen) atoms. The van der Waals surface area contributed by atoms with E-state index in [0.29, 0.717) is 17.3 Å². The van der Waals surface area contributed by atoms with Gasteiger partial charge in [-0.15, -0.1) is 0 Å². The minimum atomic E-state index is -0.356. The number of hydrogen-bond acceptors (Lipinski definition) is 4. The first kappa shape index (κ1) is 14.7. The van der Waals surface area contributed by atoms with Crippen molar-refractivity contribution in [3.8, 4) is 0 Å². The lowest BCUT2D eigenvalue weighted by molar-refractivity contribution is -0.200. The molecule has 0 bridgehead atoms. The smallest absolute Gasteiger partial charge is 0.249 e. The van der Waals surface area contributed by atoms with Crippen LogP contribution in [0.15, 0.2) is 16.7 Å². The molecule has 2 heterocycles. The Bertz CT molecular complexity index is 453. The van der Waals surface area contributed by atoms with Crippen molar-refractivity contribution in [2.75, 3.05) is 6.61 Å². The molecule has 0 aliphatic carbocycles. The van der Waals surface area contributed by atoms with Gasteiger partial charge in [-0.2, -0.15) is 0 Å². The fraction of sp³-hybridized carbons (Fsp3) is 0.500. The van der Waals surface area contributed by atoms with Crippen LogP contribution in [0.2, 0.25) is 5.02 Å². The fourth-order valence-corrected chi connectivity index (χ4v) is 2.39. The maximum absolute atomic E-state index is 11.7. The van der Waals surface area contributed by atoms with Gasteiger partial charge in [0.2, 0.25) is 5.91 Å². The third kappa shape index (κ3) is 4.72. The number of amides is 1. The van der Waals surface area contributed by atoms with Crippen molar-refractivity contribution in [3.05, 3.63) is 27.5 Å². The zero-order valence-electron chi connectivity index (χ0n) is 10.2. The maximum Gasteiger partial charge on any atom is 0.249 e. The van der Waals surface area contributed by atoms with Crippen LogP contribution in [0.5, 0.6) is 0 Å². The van der Waals surface area contributed by atoms with Crippen LogP contribution in [0.4, 0.5) is 0 Å². The van der Waals surface area contributed by atoms with E-state index >= 15 is 0 Å². The molecule has 1 atom stereocenters. The highest BCUT2D eigenvalue weighted by atomic mass is 79.9. The van der Waals surface area contributed by atoms with E-state index in [9.17, 15) is 4.79 Å². The minimum Gasteiger partial charge on any atom is -0.350 e. The summed E-state index contributed by atoms with van der Waals surface area (Å²) in [5, 5.41) is 0.443. The Hall–Kier alpha value is -0.690. The number of ether oxygens (including phenoxy) is 1. The lowest BCUT2D eigenvalue weighted by Crippen LogP contribution is -2.34. The Balaban J connectivity index is 1.80. The third-order valence-electron chi connectivity index (χ3n) is 2.65. The maximum atomic E-state index is 11.7. The molecule has 0 aromatic carbocycles. The van der Waals surface area contributed by atoms with Gasteiger partial charge >= 0.3 is 0 Å². The summed E-state index contributed by atoms with van der Waals surface area (Å²) in [4.78, 5) is 21.0. The molecular formula is C12H14BrClN2O3. The van der Waals surface area contributed by atoms with Gasteiger partial charge in [-0.05, 0) is 34.8 Å². The SMILES string of the molecule is O=C(Cc1ncc(Br)cc1Cl)NOC1CCCCO1. The van der Waals surface area contributed by atoms with E-state index in [2.05, 4.69) is 26.4 Å². The molecule has 0 radical (unpaired) electrons. The monoisotopic (exact) mass is 348 g/mol. The van der Waals surface area contributed by atoms with Crippen LogP contribution < -0.4 is 5.48 Å². The van der Waals surface area contributed by atoms with Crippen LogP contribution in [-0.4, -0.2) is 23.8 Å². The number of hydroxylamine groups is 1. The molecule has 1 fully saturated rings. The molecule has 0 spiro atoms. The topological polar surface area (TPSA) is 60.5 Å². The number of carbonyl (C=O) groups excluding carboxylic acids is 1. The summed E-state index contributed by atoms with van der Waals surface area (Å²) in [5.41, 5.74) is 2.88. The van der Waals surface area contributed by atoms with Crippen molar-refractivity contribution < 1.29 is 14.4 Å². The number of carbonyl (C=O) groups is 1. The first-order chi connectivity index (χ1) is 9.15. The van der Waals surface area contributed by atoms with Crippen LogP contribution in [0.25, 0.3) is 0 Å². The number of aromatic nitrogens is 1. The van der Waals surface area contributed by atoms with Crippen molar-refractivity contribution in [1.82, 2.24) is 10.5 Å². The number of halogens is 2. The van der Waals surface area contributed by atoms with Gasteiger partial charge in [0.1, 0.15) is 0 Å². The number of pyridine rings is 1. The summed E-state index contributed by atoms with van der Waals surface area (Å²) in [7, 11) is 0. The van der Waals surface area contributed by atoms with Crippen molar-refractivity contribution in [1.29, 1.82) is 0 Å². The Kier molecular flexibility index (Phi) is 5.57. The number of hydrogen-bond donors (Lipinski definition) is 1. The summed E-state index contributed by atoms with van der Waals surface area (Å²) in [6.07, 6.45) is 4.18. The normalized spacial score (nSPS) is 19.2. The molecule has 1 aromatic rings. The van der Waals surface area contributed by atoms with E-state index in [4.69, 9.17) is 21.2 Å². The molecule has 1 N–H and O–H groups in total. The van der Waals surface area contributed by atoms with Gasteiger partial charge < -0.3 is 4.74 Å². The summed E-state index contributed by atoms with van der Waals surface area (Å²) in [5.74, 6) is -0.300. The van der Waals surface area contributed by atoms with Gasteiger partial charge in [0.25, 0.3) is 0 Å². The van der Waals surface area contributed by atoms with Crippen molar-refractivity contribution >= 4 is 33.4 Å². The Morgan fingerprint density at radius 1 is 1.63 bits per heavy atom. The molecule has 5 nitrogen and oxygen atoms in total. The highest BCUT2D eigenvalue weighted by molar-refractivity contribution is 9.10. The van der Waals surface area contributed by atoms with Gasteiger partial charge in [0.15, 0.2) is 6.29 Å². The Morgan fingerprint density at radius 2 is 2.47 bits per heavy atom. The lowest BCUT2D eigenvalue weighted by atomic mass is 10.2. The fourth-order valence-electron chi connectivity index (χ4n) is 1.70. The highest BCUT2D eigenvalue weighted by Gasteiger charge is 2.16. The highest BCUT2D eigenvalue weighted by Crippen LogP contribution is 2.19. The molecule has 104 valence electrons. The molecule has 2 rings (SSSR count). The molecule has 1 saturated heterocycles. The zero-order chi connectivity index (χ0) is 13.7. The molecule has 1 aromatic heterocycles. The van der Waals surface area contributed by atoms with E-state index in [0.717, 1.165) is 23.7 Å². The molecular weight excluding hydrogens is 336 g/mol. The standard InChI is InChI=1S/C12H14BrClN2O3/c13-8-5-9(14)10(15-7-8)6-11(17)16-19-12-3-1-2-4-18-12/h5,7,12H,1-4,6H2,(H,16,17). The first-order valence-corrected chi connectivity index (χ1v) is 7.18. The van der Waals surface area contributed by atoms with Crippen LogP contribution in [0.1, 0.15) is 25.0 Å². The van der Waals surface area contributed by atoms with Crippen molar-refractivity contribution in [2.45, 2.75) is 32.0 Å². The Labute approximate surface area is 124 Å². The first-order valence-electron chi connectivity index (χ1n) is 6.01. The van der Waals surface area contributed by atoms with Gasteiger partial charge in [-0.3, -0.25) is 9.78 Å². The van der Waals surface area contributed by atoms with Crippen LogP contribution in [0, 0.1) is 0 Å². The number of nitrogens with one attached hydrogen (secondary N) is 1. The summed E-state index contributed by atoms with van der Waals surface area (Å²) in [6.45, 7) is 0.667. The van der Waals surface area contributed by atoms with E-state index in [1.165, 1.54) is 0 Å². The Morgan fingerprint density at radius 3 is 3.16 bits per heavy atom. The molecule has 1 aliphatic rings. The van der Waals surface area contributed by atoms with E-state index < -0.39 is 0 Å². The number of rotatable bonds is 4. The zero-order valence-corrected chi connectivity index (χ0v) is 12.5. The molecule has 0 saturated carbocycles. The van der Waals surface area contributed by atoms with E-state index in [1.807, 2.05) is 0 Å². The number of nitrogens with zero attached hydrogens (tertiary/aromatic N) is 1. The second kappa shape index (κ2) is 7.19. The average Bonchev–Trinajstić information content (AvgIpc) is 2.41. The quantitative estimate of drug-likeness (QED) is 0.849. The summed E-state index contributed by atoms with van der Waals surface area (Å²) >= 11 is 9.24. The summed E-state index contributed by atoms with van der Waals surface area (Å²) in [6, 6.07) is 1.70. The largest absolute Gasteiger partial charge is 0.350 e. The third-order valence-corrected chi connectivity index (χ3v) is 3.42. The molecule has 1 amide bonds. The van der Waals surface area contributed by atoms with Crippen molar-refractivity contribution in [2.24, 2.45) is 0 Å². The van der Waals surface area contributed by atoms with E-state index in [-0.39, 0.29) is 18.6 Å². The van der Waals surface area contributed by atoms with Crippen LogP contribution in [-0.2, 0) is 20.8 Å².